The van der Waals surface area contributed by atoms with E-state index in [1.54, 1.807) is 16.8 Å². The van der Waals surface area contributed by atoms with Gasteiger partial charge in [-0.05, 0) is 17.7 Å². The number of carbonyl (C=O) groups is 1. The summed E-state index contributed by atoms with van der Waals surface area (Å²) in [5, 5.41) is 16.6. The molecule has 0 fully saturated rings. The number of carboxylic acids is 1. The fourth-order valence-corrected chi connectivity index (χ4v) is 1.92. The normalized spacial score (nSPS) is 10.6. The Hall–Kier alpha value is -2.14. The number of aryl methyl sites for hydroxylation is 1. The van der Waals surface area contributed by atoms with Crippen molar-refractivity contribution >= 4 is 5.97 Å². The van der Waals surface area contributed by atoms with Crippen molar-refractivity contribution in [2.24, 2.45) is 7.05 Å². The molecule has 1 heterocycles. The number of nitrogens with one attached hydrogen (secondary N) is 1. The zero-order valence-electron chi connectivity index (χ0n) is 10.8. The number of hydrogen-bond acceptors (Lipinski definition) is 3. The zero-order chi connectivity index (χ0) is 13.7. The molecule has 1 aromatic heterocycles. The molecule has 0 radical (unpaired) electrons. The van der Waals surface area contributed by atoms with Crippen LogP contribution in [0.3, 0.4) is 0 Å². The second kappa shape index (κ2) is 6.15. The fraction of sp³-hybridized carbons (Fsp3) is 0.286. The van der Waals surface area contributed by atoms with Crippen LogP contribution >= 0.6 is 0 Å². The number of benzene rings is 1. The van der Waals surface area contributed by atoms with Gasteiger partial charge in [0.15, 0.2) is 0 Å². The van der Waals surface area contributed by atoms with Crippen molar-refractivity contribution in [3.63, 3.8) is 0 Å². The van der Waals surface area contributed by atoms with Crippen LogP contribution < -0.4 is 5.32 Å². The van der Waals surface area contributed by atoms with Gasteiger partial charge in [-0.15, -0.1) is 0 Å². The lowest BCUT2D eigenvalue weighted by Crippen LogP contribution is -2.18. The first-order valence-electron chi connectivity index (χ1n) is 6.17. The first-order chi connectivity index (χ1) is 9.16. The maximum absolute atomic E-state index is 11.0. The van der Waals surface area contributed by atoms with Crippen molar-refractivity contribution in [3.05, 3.63) is 53.3 Å². The molecule has 0 spiro atoms. The van der Waals surface area contributed by atoms with Crippen LogP contribution in [0.1, 0.15) is 21.6 Å². The average Bonchev–Trinajstić information content (AvgIpc) is 2.81. The molecular formula is C14H17N3O2. The van der Waals surface area contributed by atoms with Crippen LogP contribution in [0.4, 0.5) is 0 Å². The van der Waals surface area contributed by atoms with E-state index in [0.29, 0.717) is 12.1 Å². The third-order valence-electron chi connectivity index (χ3n) is 2.89. The van der Waals surface area contributed by atoms with E-state index in [4.69, 9.17) is 5.11 Å². The minimum atomic E-state index is -0.887. The molecule has 0 aliphatic rings. The number of carboxylic acid groups (broad SMARTS) is 1. The van der Waals surface area contributed by atoms with E-state index in [1.807, 2.05) is 31.4 Å². The standard InChI is InChI=1S/C14H17N3O2/c1-17-9-7-12(16-17)6-8-15-10-11-4-2-3-5-13(11)14(18)19/h2-5,7,9,15H,6,8,10H2,1H3,(H,18,19). The maximum Gasteiger partial charge on any atom is 0.336 e. The quantitative estimate of drug-likeness (QED) is 0.771. The minimum Gasteiger partial charge on any atom is -0.478 e. The number of rotatable bonds is 6. The molecule has 1 aromatic carbocycles. The molecule has 0 amide bonds. The number of hydrogen-bond donors (Lipinski definition) is 2. The second-order valence-corrected chi connectivity index (χ2v) is 4.37. The summed E-state index contributed by atoms with van der Waals surface area (Å²) in [5.41, 5.74) is 2.19. The third kappa shape index (κ3) is 3.66. The lowest BCUT2D eigenvalue weighted by molar-refractivity contribution is 0.0695. The average molecular weight is 259 g/mol. The summed E-state index contributed by atoms with van der Waals surface area (Å²) >= 11 is 0. The molecular weight excluding hydrogens is 242 g/mol. The monoisotopic (exact) mass is 259 g/mol. The number of nitrogens with zero attached hydrogens (tertiary/aromatic N) is 2. The Bertz CT molecular complexity index is 563. The molecule has 5 nitrogen and oxygen atoms in total. The minimum absolute atomic E-state index is 0.354. The summed E-state index contributed by atoms with van der Waals surface area (Å²) in [6, 6.07) is 9.02. The van der Waals surface area contributed by atoms with Crippen LogP contribution in [0.2, 0.25) is 0 Å². The Kier molecular flexibility index (Phi) is 4.30. The summed E-state index contributed by atoms with van der Waals surface area (Å²) in [6.07, 6.45) is 2.74. The molecule has 0 aliphatic heterocycles. The summed E-state index contributed by atoms with van der Waals surface area (Å²) < 4.78 is 1.77. The predicted molar refractivity (Wildman–Crippen MR) is 72.0 cm³/mol. The largest absolute Gasteiger partial charge is 0.478 e. The Morgan fingerprint density at radius 3 is 2.84 bits per heavy atom. The fourth-order valence-electron chi connectivity index (χ4n) is 1.92. The molecule has 0 atom stereocenters. The highest BCUT2D eigenvalue weighted by Crippen LogP contribution is 2.08. The van der Waals surface area contributed by atoms with Crippen molar-refractivity contribution in [3.8, 4) is 0 Å². The third-order valence-corrected chi connectivity index (χ3v) is 2.89. The van der Waals surface area contributed by atoms with Gasteiger partial charge >= 0.3 is 5.97 Å². The molecule has 2 aromatic rings. The Labute approximate surface area is 111 Å². The first kappa shape index (κ1) is 13.3. The van der Waals surface area contributed by atoms with Crippen LogP contribution in [-0.2, 0) is 20.0 Å². The summed E-state index contributed by atoms with van der Waals surface area (Å²) in [5.74, 6) is -0.887. The molecule has 0 bridgehead atoms. The highest BCUT2D eigenvalue weighted by Gasteiger charge is 2.08. The van der Waals surface area contributed by atoms with E-state index in [9.17, 15) is 4.79 Å². The highest BCUT2D eigenvalue weighted by molar-refractivity contribution is 5.89. The predicted octanol–water partition coefficient (Wildman–Crippen LogP) is 1.45. The molecule has 2 N–H and O–H groups in total. The lowest BCUT2D eigenvalue weighted by Gasteiger charge is -2.07. The topological polar surface area (TPSA) is 67.2 Å². The van der Waals surface area contributed by atoms with Gasteiger partial charge in [0.1, 0.15) is 0 Å². The summed E-state index contributed by atoms with van der Waals surface area (Å²) in [4.78, 5) is 11.0. The van der Waals surface area contributed by atoms with Crippen molar-refractivity contribution in [2.75, 3.05) is 6.54 Å². The van der Waals surface area contributed by atoms with Gasteiger partial charge in [-0.2, -0.15) is 5.10 Å². The van der Waals surface area contributed by atoms with Gasteiger partial charge in [-0.3, -0.25) is 4.68 Å². The number of aromatic carboxylic acids is 1. The van der Waals surface area contributed by atoms with Gasteiger partial charge in [-0.1, -0.05) is 18.2 Å². The maximum atomic E-state index is 11.0. The summed E-state index contributed by atoms with van der Waals surface area (Å²) in [6.45, 7) is 1.32. The second-order valence-electron chi connectivity index (χ2n) is 4.37. The summed E-state index contributed by atoms with van der Waals surface area (Å²) in [7, 11) is 1.89. The van der Waals surface area contributed by atoms with Crippen LogP contribution in [0, 0.1) is 0 Å². The van der Waals surface area contributed by atoms with Crippen LogP contribution in [0.15, 0.2) is 36.5 Å². The Balaban J connectivity index is 1.84. The van der Waals surface area contributed by atoms with Crippen LogP contribution in [-0.4, -0.2) is 27.4 Å². The highest BCUT2D eigenvalue weighted by atomic mass is 16.4. The Morgan fingerprint density at radius 1 is 1.37 bits per heavy atom. The van der Waals surface area contributed by atoms with Crippen molar-refractivity contribution < 1.29 is 9.90 Å². The Morgan fingerprint density at radius 2 is 2.16 bits per heavy atom. The smallest absolute Gasteiger partial charge is 0.336 e. The van der Waals surface area contributed by atoms with Gasteiger partial charge in [0.05, 0.1) is 11.3 Å². The van der Waals surface area contributed by atoms with Crippen LogP contribution in [0.25, 0.3) is 0 Å². The van der Waals surface area contributed by atoms with Gasteiger partial charge < -0.3 is 10.4 Å². The van der Waals surface area contributed by atoms with E-state index < -0.39 is 5.97 Å². The van der Waals surface area contributed by atoms with E-state index >= 15 is 0 Å². The zero-order valence-corrected chi connectivity index (χ0v) is 10.8. The molecule has 0 aliphatic carbocycles. The molecule has 0 saturated carbocycles. The van der Waals surface area contributed by atoms with Crippen LogP contribution in [0.5, 0.6) is 0 Å². The van der Waals surface area contributed by atoms with Gasteiger partial charge in [-0.25, -0.2) is 4.79 Å². The van der Waals surface area contributed by atoms with Crippen molar-refractivity contribution in [2.45, 2.75) is 13.0 Å². The SMILES string of the molecule is Cn1ccc(CCNCc2ccccc2C(=O)O)n1. The molecule has 100 valence electrons. The first-order valence-corrected chi connectivity index (χ1v) is 6.17. The molecule has 0 saturated heterocycles. The molecule has 0 unspecified atom stereocenters. The molecule has 19 heavy (non-hydrogen) atoms. The molecule has 2 rings (SSSR count). The number of aromatic nitrogens is 2. The molecule has 5 heteroatoms. The van der Waals surface area contributed by atoms with E-state index in [2.05, 4.69) is 10.4 Å². The van der Waals surface area contributed by atoms with Gasteiger partial charge in [0.2, 0.25) is 0 Å². The van der Waals surface area contributed by atoms with Gasteiger partial charge in [0, 0.05) is 32.8 Å². The van der Waals surface area contributed by atoms with E-state index in [-0.39, 0.29) is 0 Å². The van der Waals surface area contributed by atoms with Crippen molar-refractivity contribution in [1.82, 2.24) is 15.1 Å². The van der Waals surface area contributed by atoms with Crippen molar-refractivity contribution in [1.29, 1.82) is 0 Å². The van der Waals surface area contributed by atoms with E-state index in [0.717, 1.165) is 24.2 Å². The van der Waals surface area contributed by atoms with E-state index in [1.165, 1.54) is 0 Å². The van der Waals surface area contributed by atoms with Gasteiger partial charge in [0.25, 0.3) is 0 Å². The lowest BCUT2D eigenvalue weighted by atomic mass is 10.1.